The lowest BCUT2D eigenvalue weighted by molar-refractivity contribution is 0.0926. The minimum absolute atomic E-state index is 0.0430. The summed E-state index contributed by atoms with van der Waals surface area (Å²) in [6.07, 6.45) is 0. The standard InChI is InChI=1S/C14H12BrN3O3S/c1-8-3-2-4-9(7-8)12(19)17-18-14(22)16-13(20)10-5-6-11(15)21-10/h2-7H,1H3,(H,17,19)(H2,16,18,20,22). The summed E-state index contributed by atoms with van der Waals surface area (Å²) in [5.74, 6) is -0.782. The largest absolute Gasteiger partial charge is 0.444 e. The number of carbonyl (C=O) groups is 2. The van der Waals surface area contributed by atoms with Crippen LogP contribution in [-0.2, 0) is 0 Å². The van der Waals surface area contributed by atoms with Crippen molar-refractivity contribution in [2.75, 3.05) is 0 Å². The van der Waals surface area contributed by atoms with Gasteiger partial charge in [-0.1, -0.05) is 17.7 Å². The first-order chi connectivity index (χ1) is 10.5. The van der Waals surface area contributed by atoms with Crippen molar-refractivity contribution >= 4 is 45.1 Å². The molecule has 0 aliphatic carbocycles. The highest BCUT2D eigenvalue weighted by Gasteiger charge is 2.12. The van der Waals surface area contributed by atoms with Crippen molar-refractivity contribution in [3.05, 3.63) is 58.0 Å². The third kappa shape index (κ3) is 4.40. The van der Waals surface area contributed by atoms with Gasteiger partial charge in [0.15, 0.2) is 15.5 Å². The van der Waals surface area contributed by atoms with Gasteiger partial charge in [-0.2, -0.15) is 0 Å². The Morgan fingerprint density at radius 3 is 2.55 bits per heavy atom. The highest BCUT2D eigenvalue weighted by Crippen LogP contribution is 2.13. The second-order valence-corrected chi connectivity index (χ2v) is 5.53. The molecule has 0 spiro atoms. The quantitative estimate of drug-likeness (QED) is 0.549. The summed E-state index contributed by atoms with van der Waals surface area (Å²) in [5.41, 5.74) is 6.31. The Hall–Kier alpha value is -2.19. The molecule has 0 aliphatic heterocycles. The molecule has 1 aromatic carbocycles. The van der Waals surface area contributed by atoms with E-state index in [2.05, 4.69) is 32.1 Å². The Balaban J connectivity index is 1.85. The first kappa shape index (κ1) is 16.2. The number of hydrogen-bond acceptors (Lipinski definition) is 4. The second-order valence-electron chi connectivity index (χ2n) is 4.34. The highest BCUT2D eigenvalue weighted by molar-refractivity contribution is 9.10. The van der Waals surface area contributed by atoms with E-state index in [0.717, 1.165) is 5.56 Å². The van der Waals surface area contributed by atoms with Crippen LogP contribution in [0.3, 0.4) is 0 Å². The lowest BCUT2D eigenvalue weighted by Gasteiger charge is -2.10. The SMILES string of the molecule is Cc1cccc(C(=O)NNC(=S)NC(=O)c2ccc(Br)o2)c1. The van der Waals surface area contributed by atoms with Crippen LogP contribution >= 0.6 is 28.1 Å². The van der Waals surface area contributed by atoms with Crippen LogP contribution < -0.4 is 16.2 Å². The fourth-order valence-electron chi connectivity index (χ4n) is 1.60. The molecule has 0 radical (unpaired) electrons. The van der Waals surface area contributed by atoms with E-state index in [0.29, 0.717) is 10.2 Å². The van der Waals surface area contributed by atoms with E-state index in [1.54, 1.807) is 24.3 Å². The molecule has 0 aliphatic rings. The summed E-state index contributed by atoms with van der Waals surface area (Å²) in [6, 6.07) is 10.2. The van der Waals surface area contributed by atoms with E-state index in [1.807, 2.05) is 13.0 Å². The summed E-state index contributed by atoms with van der Waals surface area (Å²) in [7, 11) is 0. The van der Waals surface area contributed by atoms with Crippen LogP contribution in [0.1, 0.15) is 26.5 Å². The lowest BCUT2D eigenvalue weighted by atomic mass is 10.1. The van der Waals surface area contributed by atoms with Gasteiger partial charge in [0.05, 0.1) is 0 Å². The first-order valence-electron chi connectivity index (χ1n) is 6.19. The number of furan rings is 1. The zero-order valence-electron chi connectivity index (χ0n) is 11.5. The Bertz CT molecular complexity index is 730. The average Bonchev–Trinajstić information content (AvgIpc) is 2.91. The van der Waals surface area contributed by atoms with Crippen molar-refractivity contribution in [1.29, 1.82) is 0 Å². The van der Waals surface area contributed by atoms with Crippen molar-refractivity contribution < 1.29 is 14.0 Å². The molecule has 8 heteroatoms. The molecule has 2 aromatic rings. The molecule has 22 heavy (non-hydrogen) atoms. The number of rotatable bonds is 2. The van der Waals surface area contributed by atoms with Crippen molar-refractivity contribution in [3.63, 3.8) is 0 Å². The topological polar surface area (TPSA) is 83.4 Å². The zero-order valence-corrected chi connectivity index (χ0v) is 13.9. The van der Waals surface area contributed by atoms with E-state index in [1.165, 1.54) is 6.07 Å². The molecular weight excluding hydrogens is 370 g/mol. The third-order valence-corrected chi connectivity index (χ3v) is 3.22. The molecule has 0 atom stereocenters. The van der Waals surface area contributed by atoms with E-state index in [-0.39, 0.29) is 16.8 Å². The predicted molar refractivity (Wildman–Crippen MR) is 88.3 cm³/mol. The maximum Gasteiger partial charge on any atom is 0.293 e. The Morgan fingerprint density at radius 1 is 1.14 bits per heavy atom. The zero-order chi connectivity index (χ0) is 16.1. The first-order valence-corrected chi connectivity index (χ1v) is 7.39. The van der Waals surface area contributed by atoms with Crippen LogP contribution in [0.4, 0.5) is 0 Å². The van der Waals surface area contributed by atoms with Gasteiger partial charge in [0.2, 0.25) is 0 Å². The number of nitrogens with one attached hydrogen (secondary N) is 3. The van der Waals surface area contributed by atoms with Gasteiger partial charge < -0.3 is 4.42 Å². The second kappa shape index (κ2) is 7.19. The maximum atomic E-state index is 11.9. The molecule has 2 amide bonds. The highest BCUT2D eigenvalue weighted by atomic mass is 79.9. The molecular formula is C14H12BrN3O3S. The molecule has 2 rings (SSSR count). The molecule has 0 bridgehead atoms. The third-order valence-electron chi connectivity index (χ3n) is 2.59. The predicted octanol–water partition coefficient (Wildman–Crippen LogP) is 2.30. The van der Waals surface area contributed by atoms with Gasteiger partial charge in [-0.15, -0.1) is 0 Å². The summed E-state index contributed by atoms with van der Waals surface area (Å²) >= 11 is 8.02. The van der Waals surface area contributed by atoms with Gasteiger partial charge in [-0.05, 0) is 59.3 Å². The van der Waals surface area contributed by atoms with Crippen LogP contribution in [0, 0.1) is 6.92 Å². The number of halogens is 1. The molecule has 114 valence electrons. The fourth-order valence-corrected chi connectivity index (χ4v) is 2.05. The number of aryl methyl sites for hydroxylation is 1. The molecule has 0 saturated carbocycles. The summed E-state index contributed by atoms with van der Waals surface area (Å²) in [4.78, 5) is 23.7. The minimum atomic E-state index is -0.520. The van der Waals surface area contributed by atoms with Crippen molar-refractivity contribution in [2.24, 2.45) is 0 Å². The smallest absolute Gasteiger partial charge is 0.293 e. The molecule has 1 heterocycles. The Morgan fingerprint density at radius 2 is 1.91 bits per heavy atom. The molecule has 1 aromatic heterocycles. The van der Waals surface area contributed by atoms with Gasteiger partial charge in [0, 0.05) is 5.56 Å². The van der Waals surface area contributed by atoms with Crippen molar-refractivity contribution in [3.8, 4) is 0 Å². The molecule has 0 fully saturated rings. The van der Waals surface area contributed by atoms with Gasteiger partial charge in [-0.25, -0.2) is 0 Å². The number of amides is 2. The molecule has 6 nitrogen and oxygen atoms in total. The minimum Gasteiger partial charge on any atom is -0.444 e. The van der Waals surface area contributed by atoms with Crippen molar-refractivity contribution in [1.82, 2.24) is 16.2 Å². The van der Waals surface area contributed by atoms with E-state index in [9.17, 15) is 9.59 Å². The number of benzene rings is 1. The number of hydrazine groups is 1. The fraction of sp³-hybridized carbons (Fsp3) is 0.0714. The summed E-state index contributed by atoms with van der Waals surface area (Å²) in [6.45, 7) is 1.89. The molecule has 0 saturated heterocycles. The van der Waals surface area contributed by atoms with Crippen LogP contribution in [0.15, 0.2) is 45.5 Å². The summed E-state index contributed by atoms with van der Waals surface area (Å²) in [5, 5.41) is 2.34. The van der Waals surface area contributed by atoms with Crippen LogP contribution in [0.25, 0.3) is 0 Å². The number of thiocarbonyl (C=S) groups is 1. The molecule has 3 N–H and O–H groups in total. The van der Waals surface area contributed by atoms with Crippen molar-refractivity contribution in [2.45, 2.75) is 6.92 Å². The van der Waals surface area contributed by atoms with E-state index < -0.39 is 5.91 Å². The molecule has 0 unspecified atom stereocenters. The monoisotopic (exact) mass is 381 g/mol. The Labute approximate surface area is 140 Å². The van der Waals surface area contributed by atoms with Gasteiger partial charge in [-0.3, -0.25) is 25.8 Å². The van der Waals surface area contributed by atoms with Gasteiger partial charge >= 0.3 is 0 Å². The number of hydrogen-bond donors (Lipinski definition) is 3. The van der Waals surface area contributed by atoms with Gasteiger partial charge in [0.25, 0.3) is 11.8 Å². The maximum absolute atomic E-state index is 11.9. The van der Waals surface area contributed by atoms with Gasteiger partial charge in [0.1, 0.15) is 0 Å². The van der Waals surface area contributed by atoms with Crippen LogP contribution in [0.2, 0.25) is 0 Å². The normalized spacial score (nSPS) is 9.91. The average molecular weight is 382 g/mol. The Kier molecular flexibility index (Phi) is 5.29. The van der Waals surface area contributed by atoms with Crippen LogP contribution in [0.5, 0.6) is 0 Å². The van der Waals surface area contributed by atoms with Crippen LogP contribution in [-0.4, -0.2) is 16.9 Å². The summed E-state index contributed by atoms with van der Waals surface area (Å²) < 4.78 is 5.52. The number of carbonyl (C=O) groups excluding carboxylic acids is 2. The van der Waals surface area contributed by atoms with E-state index in [4.69, 9.17) is 16.6 Å². The lowest BCUT2D eigenvalue weighted by Crippen LogP contribution is -2.48. The van der Waals surface area contributed by atoms with E-state index >= 15 is 0 Å².